The number of nitrogens with one attached hydrogen (secondary N) is 3. The van der Waals surface area contributed by atoms with Gasteiger partial charge in [0.2, 0.25) is 5.95 Å². The minimum absolute atomic E-state index is 0.0851. The summed E-state index contributed by atoms with van der Waals surface area (Å²) in [5, 5.41) is 18.5. The number of alkyl halides is 3. The Bertz CT molecular complexity index is 1470. The van der Waals surface area contributed by atoms with Gasteiger partial charge in [-0.2, -0.15) is 0 Å². The summed E-state index contributed by atoms with van der Waals surface area (Å²) < 4.78 is 48.3. The van der Waals surface area contributed by atoms with Gasteiger partial charge in [0.05, 0.1) is 18.2 Å². The minimum atomic E-state index is -4.81. The molecule has 1 saturated carbocycles. The minimum Gasteiger partial charge on any atom is -0.493 e. The summed E-state index contributed by atoms with van der Waals surface area (Å²) in [6.45, 7) is 7.01. The number of carbonyl (C=O) groups excluding carboxylic acids is 2. The number of aromatic amines is 1. The van der Waals surface area contributed by atoms with Crippen LogP contribution in [0.15, 0.2) is 40.9 Å². The van der Waals surface area contributed by atoms with E-state index < -0.39 is 12.3 Å². The number of ether oxygens (including phenoxy) is 2. The molecule has 1 aliphatic carbocycles. The molecule has 0 saturated heterocycles. The van der Waals surface area contributed by atoms with Crippen LogP contribution >= 0.6 is 15.9 Å². The highest BCUT2D eigenvalue weighted by Crippen LogP contribution is 2.45. The number of rotatable bonds is 6. The fraction of sp³-hybridized carbons (Fsp3) is 0.483. The van der Waals surface area contributed by atoms with Gasteiger partial charge in [0.1, 0.15) is 11.5 Å². The predicted molar refractivity (Wildman–Crippen MR) is 158 cm³/mol. The number of aromatic nitrogens is 4. The molecule has 0 spiro atoms. The van der Waals surface area contributed by atoms with Gasteiger partial charge in [-0.05, 0) is 99.8 Å². The van der Waals surface area contributed by atoms with E-state index in [9.17, 15) is 22.8 Å². The highest BCUT2D eigenvalue weighted by Gasteiger charge is 2.39. The molecule has 2 aromatic carbocycles. The maximum absolute atomic E-state index is 14.0. The fourth-order valence-electron chi connectivity index (χ4n) is 5.95. The number of tetrazole rings is 1. The van der Waals surface area contributed by atoms with Crippen LogP contribution in [0.1, 0.15) is 74.8 Å². The van der Waals surface area contributed by atoms with Crippen LogP contribution in [-0.4, -0.2) is 56.5 Å². The van der Waals surface area contributed by atoms with Crippen LogP contribution in [0.5, 0.6) is 11.5 Å². The number of urea groups is 1. The second-order valence-corrected chi connectivity index (χ2v) is 12.9. The number of H-pyrrole nitrogens is 1. The number of fused-ring (bicyclic) bond motifs is 1. The van der Waals surface area contributed by atoms with Crippen LogP contribution in [0.4, 0.5) is 29.6 Å². The molecule has 0 bridgehead atoms. The van der Waals surface area contributed by atoms with Crippen molar-refractivity contribution in [2.24, 2.45) is 11.3 Å². The van der Waals surface area contributed by atoms with Gasteiger partial charge in [0.25, 0.3) is 5.91 Å². The lowest BCUT2D eigenvalue weighted by molar-refractivity contribution is -0.274. The van der Waals surface area contributed by atoms with Crippen molar-refractivity contribution in [1.82, 2.24) is 25.5 Å². The molecule has 0 radical (unpaired) electrons. The molecule has 2 heterocycles. The van der Waals surface area contributed by atoms with Gasteiger partial charge < -0.3 is 19.7 Å². The molecule has 3 N–H and O–H groups in total. The lowest BCUT2D eigenvalue weighted by Crippen LogP contribution is -2.48. The first-order valence-corrected chi connectivity index (χ1v) is 15.0. The third-order valence-corrected chi connectivity index (χ3v) is 8.81. The molecule has 1 aliphatic heterocycles. The second kappa shape index (κ2) is 12.6. The summed E-state index contributed by atoms with van der Waals surface area (Å²) in [6, 6.07) is 7.63. The molecule has 3 amide bonds. The number of hydrogen-bond acceptors (Lipinski definition) is 7. The summed E-state index contributed by atoms with van der Waals surface area (Å²) >= 11 is 3.51. The van der Waals surface area contributed by atoms with Crippen LogP contribution < -0.4 is 20.1 Å². The van der Waals surface area contributed by atoms with Crippen LogP contribution in [0, 0.1) is 11.3 Å². The smallest absolute Gasteiger partial charge is 0.493 e. The van der Waals surface area contributed by atoms with E-state index in [1.807, 2.05) is 4.90 Å². The Morgan fingerprint density at radius 3 is 2.36 bits per heavy atom. The van der Waals surface area contributed by atoms with Crippen molar-refractivity contribution >= 4 is 39.5 Å². The highest BCUT2D eigenvalue weighted by atomic mass is 79.9. The first-order chi connectivity index (χ1) is 20.8. The van der Waals surface area contributed by atoms with Gasteiger partial charge in [0.15, 0.2) is 0 Å². The lowest BCUT2D eigenvalue weighted by Gasteiger charge is -2.45. The van der Waals surface area contributed by atoms with Crippen molar-refractivity contribution in [2.45, 2.75) is 71.3 Å². The number of anilines is 2. The van der Waals surface area contributed by atoms with Crippen molar-refractivity contribution in [1.29, 1.82) is 0 Å². The molecule has 2 aliphatic rings. The van der Waals surface area contributed by atoms with Gasteiger partial charge in [0, 0.05) is 28.2 Å². The van der Waals surface area contributed by atoms with E-state index in [-0.39, 0.29) is 35.2 Å². The van der Waals surface area contributed by atoms with Gasteiger partial charge in [-0.1, -0.05) is 25.9 Å². The number of benzene rings is 2. The van der Waals surface area contributed by atoms with Crippen LogP contribution in [0.2, 0.25) is 0 Å². The van der Waals surface area contributed by atoms with Gasteiger partial charge >= 0.3 is 12.4 Å². The van der Waals surface area contributed by atoms with Crippen LogP contribution in [-0.2, 0) is 0 Å². The Kier molecular flexibility index (Phi) is 9.05. The zero-order chi connectivity index (χ0) is 31.6. The van der Waals surface area contributed by atoms with Crippen LogP contribution in [0.25, 0.3) is 0 Å². The van der Waals surface area contributed by atoms with Gasteiger partial charge in [-0.3, -0.25) is 10.1 Å². The van der Waals surface area contributed by atoms with Crippen molar-refractivity contribution < 1.29 is 32.2 Å². The lowest BCUT2D eigenvalue weighted by atomic mass is 9.71. The molecular formula is C29H33BrF3N7O4. The van der Waals surface area contributed by atoms with E-state index in [4.69, 9.17) is 4.74 Å². The largest absolute Gasteiger partial charge is 0.573 e. The van der Waals surface area contributed by atoms with Crippen LogP contribution in [0.3, 0.4) is 0 Å². The van der Waals surface area contributed by atoms with Gasteiger partial charge in [-0.25, -0.2) is 9.89 Å². The second-order valence-electron chi connectivity index (χ2n) is 12.0. The molecule has 1 unspecified atom stereocenters. The monoisotopic (exact) mass is 679 g/mol. The number of nitrogens with zero attached hydrogens (tertiary/aromatic N) is 4. The molecule has 236 valence electrons. The zero-order valence-corrected chi connectivity index (χ0v) is 26.0. The first kappa shape index (κ1) is 31.5. The van der Waals surface area contributed by atoms with E-state index in [1.165, 1.54) is 12.1 Å². The fourth-order valence-corrected chi connectivity index (χ4v) is 6.49. The normalized spacial score (nSPS) is 20.2. The molecular weight excluding hydrogens is 647 g/mol. The molecule has 15 heteroatoms. The molecule has 11 nitrogen and oxygen atoms in total. The zero-order valence-electron chi connectivity index (χ0n) is 24.4. The molecule has 3 aromatic rings. The van der Waals surface area contributed by atoms with E-state index in [0.29, 0.717) is 40.4 Å². The Morgan fingerprint density at radius 1 is 1.05 bits per heavy atom. The Morgan fingerprint density at radius 2 is 1.75 bits per heavy atom. The van der Waals surface area contributed by atoms with E-state index >= 15 is 0 Å². The maximum Gasteiger partial charge on any atom is 0.573 e. The van der Waals surface area contributed by atoms with E-state index in [2.05, 4.69) is 72.7 Å². The van der Waals surface area contributed by atoms with Gasteiger partial charge in [-0.15, -0.1) is 13.2 Å². The summed E-state index contributed by atoms with van der Waals surface area (Å²) in [6.07, 6.45) is -0.792. The summed E-state index contributed by atoms with van der Waals surface area (Å²) in [7, 11) is 0. The molecule has 1 atom stereocenters. The number of carbonyl (C=O) groups is 2. The Hall–Kier alpha value is -3.88. The third-order valence-electron chi connectivity index (χ3n) is 8.15. The molecule has 5 rings (SSSR count). The average Bonchev–Trinajstić information content (AvgIpc) is 3.46. The Balaban J connectivity index is 1.42. The van der Waals surface area contributed by atoms with Crippen molar-refractivity contribution in [2.75, 3.05) is 17.2 Å². The SMILES string of the molecule is CC(C)(C)C1CCC(N(C(=O)Nc2ccc(OC(F)(F)F)cc2)C2CCOc3cc(C(=O)Nc4nnn[nH]4)c(Br)cc32)CC1. The van der Waals surface area contributed by atoms with E-state index in [1.54, 1.807) is 12.1 Å². The third kappa shape index (κ3) is 7.42. The molecule has 1 fully saturated rings. The first-order valence-electron chi connectivity index (χ1n) is 14.2. The number of halogens is 4. The van der Waals surface area contributed by atoms with Crippen molar-refractivity contribution in [3.05, 3.63) is 52.0 Å². The molecule has 44 heavy (non-hydrogen) atoms. The van der Waals surface area contributed by atoms with Crippen molar-refractivity contribution in [3.63, 3.8) is 0 Å². The standard InChI is InChI=1S/C29H33BrF3N7O4/c1-28(2,3)16-4-8-18(9-5-16)40(27(42)34-17-6-10-19(11-7-17)44-29(31,32)33)23-12-13-43-24-15-20(22(30)14-21(23)24)25(41)35-26-36-38-39-37-26/h6-7,10-11,14-16,18,23H,4-5,8-9,12-13H2,1-3H3,(H,34,42)(H2,35,36,37,38,39,41). The molecule has 1 aromatic heterocycles. The van der Waals surface area contributed by atoms with E-state index in [0.717, 1.165) is 43.4 Å². The predicted octanol–water partition coefficient (Wildman–Crippen LogP) is 7.08. The summed E-state index contributed by atoms with van der Waals surface area (Å²) in [5.41, 5.74) is 1.51. The van der Waals surface area contributed by atoms with Crippen molar-refractivity contribution in [3.8, 4) is 11.5 Å². The quantitative estimate of drug-likeness (QED) is 0.254. The average molecular weight is 681 g/mol. The maximum atomic E-state index is 14.0. The topological polar surface area (TPSA) is 134 Å². The Labute approximate surface area is 260 Å². The highest BCUT2D eigenvalue weighted by molar-refractivity contribution is 9.10. The number of hydrogen-bond donors (Lipinski definition) is 3. The number of amides is 3. The summed E-state index contributed by atoms with van der Waals surface area (Å²) in [5.74, 6) is 0.235. The summed E-state index contributed by atoms with van der Waals surface area (Å²) in [4.78, 5) is 28.8.